The van der Waals surface area contributed by atoms with E-state index >= 15 is 0 Å². The molecule has 0 radical (unpaired) electrons. The van der Waals surface area contributed by atoms with Crippen LogP contribution in [0.5, 0.6) is 0 Å². The second kappa shape index (κ2) is 8.32. The van der Waals surface area contributed by atoms with Crippen LogP contribution in [0, 0.1) is 0 Å². The smallest absolute Gasteiger partial charge is 0.0897 e. The van der Waals surface area contributed by atoms with Crippen LogP contribution >= 0.6 is 0 Å². The summed E-state index contributed by atoms with van der Waals surface area (Å²) in [5, 5.41) is 23.5. The molecule has 2 saturated carbocycles. The van der Waals surface area contributed by atoms with Crippen molar-refractivity contribution in [1.82, 2.24) is 5.32 Å². The number of ether oxygens (including phenoxy) is 1. The summed E-state index contributed by atoms with van der Waals surface area (Å²) >= 11 is 0. The Morgan fingerprint density at radius 2 is 1.70 bits per heavy atom. The zero-order valence-corrected chi connectivity index (χ0v) is 12.6. The van der Waals surface area contributed by atoms with Gasteiger partial charge in [0.05, 0.1) is 24.4 Å². The van der Waals surface area contributed by atoms with Crippen molar-refractivity contribution in [1.29, 1.82) is 0 Å². The van der Waals surface area contributed by atoms with Gasteiger partial charge in [-0.3, -0.25) is 0 Å². The molecule has 0 bridgehead atoms. The Morgan fingerprint density at radius 1 is 1.05 bits per heavy atom. The summed E-state index contributed by atoms with van der Waals surface area (Å²) in [5.41, 5.74) is -0.553. The molecule has 1 unspecified atom stereocenters. The van der Waals surface area contributed by atoms with Crippen LogP contribution in [0.2, 0.25) is 0 Å². The number of nitrogens with one attached hydrogen (secondary N) is 1. The highest BCUT2D eigenvalue weighted by Gasteiger charge is 2.28. The van der Waals surface area contributed by atoms with Gasteiger partial charge in [0.25, 0.3) is 0 Å². The Balaban J connectivity index is 1.54. The molecule has 4 heteroatoms. The fourth-order valence-electron chi connectivity index (χ4n) is 3.40. The Morgan fingerprint density at radius 3 is 2.40 bits per heavy atom. The van der Waals surface area contributed by atoms with Gasteiger partial charge in [-0.15, -0.1) is 0 Å². The average Bonchev–Trinajstić information content (AvgIpc) is 2.47. The van der Waals surface area contributed by atoms with Gasteiger partial charge in [0.15, 0.2) is 0 Å². The monoisotopic (exact) mass is 285 g/mol. The molecule has 0 aromatic rings. The lowest BCUT2D eigenvalue weighted by Gasteiger charge is -2.32. The van der Waals surface area contributed by atoms with Crippen molar-refractivity contribution in [3.05, 3.63) is 0 Å². The van der Waals surface area contributed by atoms with Gasteiger partial charge in [-0.2, -0.15) is 0 Å². The minimum atomic E-state index is -0.553. The largest absolute Gasteiger partial charge is 0.389 e. The van der Waals surface area contributed by atoms with Crippen molar-refractivity contribution >= 4 is 0 Å². The normalized spacial score (nSPS) is 25.5. The van der Waals surface area contributed by atoms with Crippen molar-refractivity contribution in [2.45, 2.75) is 82.0 Å². The predicted octanol–water partition coefficient (Wildman–Crippen LogP) is 1.98. The Hall–Kier alpha value is -0.160. The minimum absolute atomic E-state index is 0.348. The molecule has 0 aliphatic heterocycles. The molecule has 2 rings (SSSR count). The van der Waals surface area contributed by atoms with Crippen LogP contribution in [0.1, 0.15) is 64.2 Å². The van der Waals surface area contributed by atoms with Crippen LogP contribution in [-0.2, 0) is 4.74 Å². The summed E-state index contributed by atoms with van der Waals surface area (Å²) in [6.07, 6.45) is 11.2. The zero-order chi connectivity index (χ0) is 14.3. The third kappa shape index (κ3) is 5.68. The van der Waals surface area contributed by atoms with Gasteiger partial charge in [0.2, 0.25) is 0 Å². The molecule has 0 aromatic heterocycles. The first-order valence-electron chi connectivity index (χ1n) is 8.41. The van der Waals surface area contributed by atoms with E-state index in [2.05, 4.69) is 5.32 Å². The fraction of sp³-hybridized carbons (Fsp3) is 1.00. The molecule has 4 nitrogen and oxygen atoms in total. The summed E-state index contributed by atoms with van der Waals surface area (Å²) in [4.78, 5) is 0. The molecule has 2 fully saturated rings. The van der Waals surface area contributed by atoms with Crippen LogP contribution < -0.4 is 5.32 Å². The maximum absolute atomic E-state index is 10.3. The van der Waals surface area contributed by atoms with E-state index in [9.17, 15) is 10.2 Å². The quantitative estimate of drug-likeness (QED) is 0.669. The molecule has 2 aliphatic rings. The summed E-state index contributed by atoms with van der Waals surface area (Å²) in [6, 6.07) is 0. The number of aliphatic hydroxyl groups excluding tert-OH is 1. The van der Waals surface area contributed by atoms with Crippen molar-refractivity contribution in [3.8, 4) is 0 Å². The lowest BCUT2D eigenvalue weighted by Crippen LogP contribution is -2.44. The van der Waals surface area contributed by atoms with Crippen LogP contribution in [-0.4, -0.2) is 47.7 Å². The Kier molecular flexibility index (Phi) is 6.75. The zero-order valence-electron chi connectivity index (χ0n) is 12.6. The molecule has 0 saturated heterocycles. The topological polar surface area (TPSA) is 61.7 Å². The van der Waals surface area contributed by atoms with Gasteiger partial charge in [-0.1, -0.05) is 38.5 Å². The fourth-order valence-corrected chi connectivity index (χ4v) is 3.40. The van der Waals surface area contributed by atoms with Crippen molar-refractivity contribution in [3.63, 3.8) is 0 Å². The van der Waals surface area contributed by atoms with Gasteiger partial charge in [-0.05, 0) is 25.7 Å². The molecule has 20 heavy (non-hydrogen) atoms. The van der Waals surface area contributed by atoms with E-state index in [1.807, 2.05) is 0 Å². The molecule has 1 atom stereocenters. The number of hydrogen-bond acceptors (Lipinski definition) is 4. The molecule has 0 aromatic carbocycles. The van der Waals surface area contributed by atoms with Gasteiger partial charge in [0, 0.05) is 13.1 Å². The second-order valence-corrected chi connectivity index (χ2v) is 6.66. The first-order valence-corrected chi connectivity index (χ1v) is 8.41. The maximum atomic E-state index is 10.3. The minimum Gasteiger partial charge on any atom is -0.389 e. The van der Waals surface area contributed by atoms with Crippen molar-refractivity contribution < 1.29 is 14.9 Å². The summed E-state index contributed by atoms with van der Waals surface area (Å²) in [7, 11) is 0. The second-order valence-electron chi connectivity index (χ2n) is 6.66. The van der Waals surface area contributed by atoms with Crippen LogP contribution in [0.25, 0.3) is 0 Å². The SMILES string of the molecule is OC(CNCC1(O)CCCCC1)COC1CCCCC1. The van der Waals surface area contributed by atoms with E-state index in [-0.39, 0.29) is 0 Å². The van der Waals surface area contributed by atoms with Gasteiger partial charge >= 0.3 is 0 Å². The highest BCUT2D eigenvalue weighted by molar-refractivity contribution is 4.84. The molecule has 2 aliphatic carbocycles. The highest BCUT2D eigenvalue weighted by Crippen LogP contribution is 2.27. The molecular formula is C16H31NO3. The van der Waals surface area contributed by atoms with Crippen molar-refractivity contribution in [2.75, 3.05) is 19.7 Å². The van der Waals surface area contributed by atoms with Crippen LogP contribution in [0.15, 0.2) is 0 Å². The third-order valence-corrected chi connectivity index (χ3v) is 4.69. The van der Waals surface area contributed by atoms with E-state index < -0.39 is 11.7 Å². The van der Waals surface area contributed by atoms with E-state index in [4.69, 9.17) is 4.74 Å². The van der Waals surface area contributed by atoms with E-state index in [1.54, 1.807) is 0 Å². The lowest BCUT2D eigenvalue weighted by molar-refractivity contribution is -0.0283. The number of aliphatic hydroxyl groups is 2. The lowest BCUT2D eigenvalue weighted by atomic mass is 9.85. The Bertz CT molecular complexity index is 260. The molecule has 0 amide bonds. The van der Waals surface area contributed by atoms with Crippen molar-refractivity contribution in [2.24, 2.45) is 0 Å². The first kappa shape index (κ1) is 16.2. The van der Waals surface area contributed by atoms with E-state index in [0.29, 0.717) is 25.8 Å². The predicted molar refractivity (Wildman–Crippen MR) is 79.7 cm³/mol. The maximum Gasteiger partial charge on any atom is 0.0897 e. The van der Waals surface area contributed by atoms with E-state index in [0.717, 1.165) is 38.5 Å². The van der Waals surface area contributed by atoms with Gasteiger partial charge in [0.1, 0.15) is 0 Å². The summed E-state index contributed by atoms with van der Waals surface area (Å²) in [6.45, 7) is 1.51. The molecule has 3 N–H and O–H groups in total. The van der Waals surface area contributed by atoms with Gasteiger partial charge in [-0.25, -0.2) is 0 Å². The first-order chi connectivity index (χ1) is 9.68. The van der Waals surface area contributed by atoms with E-state index in [1.165, 1.54) is 25.7 Å². The van der Waals surface area contributed by atoms with Crippen LogP contribution in [0.3, 0.4) is 0 Å². The Labute approximate surface area is 122 Å². The molecule has 118 valence electrons. The molecule has 0 heterocycles. The molecule has 0 spiro atoms. The number of hydrogen-bond donors (Lipinski definition) is 3. The standard InChI is InChI=1S/C16H31NO3/c18-14(12-20-15-7-3-1-4-8-15)11-17-13-16(19)9-5-2-6-10-16/h14-15,17-19H,1-13H2. The third-order valence-electron chi connectivity index (χ3n) is 4.69. The average molecular weight is 285 g/mol. The van der Waals surface area contributed by atoms with Crippen LogP contribution in [0.4, 0.5) is 0 Å². The highest BCUT2D eigenvalue weighted by atomic mass is 16.5. The number of rotatable bonds is 7. The van der Waals surface area contributed by atoms with Gasteiger partial charge < -0.3 is 20.3 Å². The summed E-state index contributed by atoms with van der Waals surface area (Å²) in [5.74, 6) is 0. The molecular weight excluding hydrogens is 254 g/mol. The summed E-state index contributed by atoms with van der Waals surface area (Å²) < 4.78 is 5.76.